The Morgan fingerprint density at radius 1 is 0.797 bits per heavy atom. The number of piperidine rings is 1. The van der Waals surface area contributed by atoms with Crippen LogP contribution in [0, 0.1) is 0 Å². The van der Waals surface area contributed by atoms with Gasteiger partial charge in [-0.2, -0.15) is 0 Å². The van der Waals surface area contributed by atoms with E-state index in [4.69, 9.17) is 19.4 Å². The number of aromatic amines is 2. The lowest BCUT2D eigenvalue weighted by Crippen LogP contribution is -2.50. The van der Waals surface area contributed by atoms with Crippen molar-refractivity contribution in [2.45, 2.75) is 68.7 Å². The fourth-order valence-corrected chi connectivity index (χ4v) is 9.18. The van der Waals surface area contributed by atoms with Crippen molar-refractivity contribution in [3.05, 3.63) is 119 Å². The first-order valence-electron chi connectivity index (χ1n) is 20.4. The zero-order chi connectivity index (χ0) is 40.5. The number of amides is 3. The monoisotopic (exact) mass is 792 g/mol. The summed E-state index contributed by atoms with van der Waals surface area (Å²) in [7, 11) is 2.70. The normalized spacial score (nSPS) is 21.2. The van der Waals surface area contributed by atoms with Crippen LogP contribution in [0.2, 0.25) is 0 Å². The Hall–Kier alpha value is -6.47. The van der Waals surface area contributed by atoms with Crippen molar-refractivity contribution in [3.8, 4) is 11.3 Å². The Morgan fingerprint density at radius 2 is 1.56 bits per heavy atom. The largest absolute Gasteiger partial charge is 0.453 e. The van der Waals surface area contributed by atoms with E-state index in [0.717, 1.165) is 101 Å². The van der Waals surface area contributed by atoms with Crippen LogP contribution in [0.5, 0.6) is 0 Å². The van der Waals surface area contributed by atoms with Crippen molar-refractivity contribution < 1.29 is 23.9 Å². The van der Waals surface area contributed by atoms with Crippen LogP contribution in [-0.2, 0) is 14.3 Å². The maximum atomic E-state index is 13.9. The van der Waals surface area contributed by atoms with Crippen LogP contribution in [0.15, 0.2) is 91.1 Å². The molecular weight excluding hydrogens is 745 g/mol. The molecule has 1 unspecified atom stereocenters. The molecule has 4 N–H and O–H groups in total. The Balaban J connectivity index is 0.872. The third-order valence-electron chi connectivity index (χ3n) is 12.2. The zero-order valence-electron chi connectivity index (χ0n) is 33.2. The molecule has 0 aliphatic carbocycles. The summed E-state index contributed by atoms with van der Waals surface area (Å²) in [5.74, 6) is 1.51. The number of fused-ring (bicyclic) bond motifs is 3. The molecule has 5 heterocycles. The number of aromatic nitrogens is 4. The van der Waals surface area contributed by atoms with Crippen molar-refractivity contribution in [1.29, 1.82) is 0 Å². The number of likely N-dealkylation sites (tertiary alicyclic amines) is 1. The van der Waals surface area contributed by atoms with E-state index in [0.29, 0.717) is 18.2 Å². The van der Waals surface area contributed by atoms with Gasteiger partial charge < -0.3 is 35.0 Å². The number of carbonyl (C=O) groups excluding carboxylic acids is 3. The Kier molecular flexibility index (Phi) is 10.6. The number of hydrogen-bond acceptors (Lipinski definition) is 8. The van der Waals surface area contributed by atoms with Gasteiger partial charge in [0.15, 0.2) is 0 Å². The van der Waals surface area contributed by atoms with Gasteiger partial charge in [0, 0.05) is 30.7 Å². The highest BCUT2D eigenvalue weighted by atomic mass is 16.5. The number of alkyl carbamates (subject to hydrolysis) is 2. The van der Waals surface area contributed by atoms with E-state index in [2.05, 4.69) is 80.1 Å². The number of carbonyl (C=O) groups is 3. The maximum Gasteiger partial charge on any atom is 0.407 e. The van der Waals surface area contributed by atoms with E-state index in [-0.39, 0.29) is 30.1 Å². The first-order chi connectivity index (χ1) is 28.8. The predicted molar refractivity (Wildman–Crippen MR) is 226 cm³/mol. The van der Waals surface area contributed by atoms with Crippen molar-refractivity contribution >= 4 is 52.1 Å². The van der Waals surface area contributed by atoms with Gasteiger partial charge in [0.25, 0.3) is 5.91 Å². The summed E-state index contributed by atoms with van der Waals surface area (Å²) in [6.45, 7) is 1.36. The van der Waals surface area contributed by atoms with Gasteiger partial charge in [-0.25, -0.2) is 19.6 Å². The minimum Gasteiger partial charge on any atom is -0.453 e. The SMILES string of the molecule is COC(=O)N[C@H]1CC[C@H]2CC[C@@H](c3ncc(-c4ccc5cc(/C=C/c6ccc7nc(C8CCCN8C(=O)[C@H](NC(=O)OC)c8ccccc8)[nH]c7c6)ccc5c4)[nH]3)N2C1. The summed E-state index contributed by atoms with van der Waals surface area (Å²) in [5, 5.41) is 8.01. The minimum atomic E-state index is -0.869. The zero-order valence-corrected chi connectivity index (χ0v) is 33.2. The van der Waals surface area contributed by atoms with Gasteiger partial charge in [0.1, 0.15) is 17.7 Å². The lowest BCUT2D eigenvalue weighted by molar-refractivity contribution is -0.134. The number of benzene rings is 4. The summed E-state index contributed by atoms with van der Waals surface area (Å²) >= 11 is 0. The fourth-order valence-electron chi connectivity index (χ4n) is 9.18. The van der Waals surface area contributed by atoms with Crippen LogP contribution >= 0.6 is 0 Å². The number of imidazole rings is 2. The number of H-pyrrole nitrogens is 2. The molecule has 13 heteroatoms. The van der Waals surface area contributed by atoms with Crippen molar-refractivity contribution in [2.75, 3.05) is 27.3 Å². The average molecular weight is 793 g/mol. The Labute approximate surface area is 342 Å². The summed E-state index contributed by atoms with van der Waals surface area (Å²) in [6, 6.07) is 28.0. The molecule has 13 nitrogen and oxygen atoms in total. The fraction of sp³-hybridized carbons (Fsp3) is 0.326. The lowest BCUT2D eigenvalue weighted by Gasteiger charge is -2.37. The van der Waals surface area contributed by atoms with E-state index in [9.17, 15) is 14.4 Å². The molecule has 3 aliphatic rings. The number of nitrogens with zero attached hydrogens (tertiary/aromatic N) is 4. The molecule has 3 fully saturated rings. The van der Waals surface area contributed by atoms with E-state index in [1.807, 2.05) is 53.6 Å². The van der Waals surface area contributed by atoms with Gasteiger partial charge >= 0.3 is 12.2 Å². The van der Waals surface area contributed by atoms with E-state index in [1.165, 1.54) is 14.2 Å². The molecule has 59 heavy (non-hydrogen) atoms. The van der Waals surface area contributed by atoms with Gasteiger partial charge in [0.05, 0.1) is 49.2 Å². The highest BCUT2D eigenvalue weighted by molar-refractivity contribution is 5.90. The van der Waals surface area contributed by atoms with Crippen LogP contribution in [0.3, 0.4) is 0 Å². The smallest absolute Gasteiger partial charge is 0.407 e. The number of hydrogen-bond donors (Lipinski definition) is 4. The standard InChI is InChI=1S/C46H48N8O5/c1-58-45(56)48-34-17-18-35-19-21-40(54(35)27-34)42-47-26-38(51-42)33-16-15-31-23-28(12-14-32(31)25-33)10-11-29-13-20-36-37(24-29)50-43(49-36)39-9-6-22-53(39)44(55)41(52-46(57)59-2)30-7-4-3-5-8-30/h3-5,7-8,10-16,20,23-26,34-35,39-41H,6,9,17-19,21-22,27H2,1-2H3,(H,47,51)(H,48,56)(H,49,50)(H,52,57)/b11-10+/t34-,35-,39?,40-,41+/m0/s1. The van der Waals surface area contributed by atoms with E-state index in [1.54, 1.807) is 0 Å². The molecule has 3 saturated heterocycles. The molecule has 302 valence electrons. The van der Waals surface area contributed by atoms with Crippen molar-refractivity contribution in [3.63, 3.8) is 0 Å². The highest BCUT2D eigenvalue weighted by Gasteiger charge is 2.41. The highest BCUT2D eigenvalue weighted by Crippen LogP contribution is 2.40. The maximum absolute atomic E-state index is 13.9. The van der Waals surface area contributed by atoms with Crippen LogP contribution in [0.1, 0.15) is 85.0 Å². The molecule has 6 aromatic rings. The second-order valence-corrected chi connectivity index (χ2v) is 15.8. The minimum absolute atomic E-state index is 0.0790. The summed E-state index contributed by atoms with van der Waals surface area (Å²) < 4.78 is 9.68. The molecule has 2 aromatic heterocycles. The molecule has 4 aromatic carbocycles. The second kappa shape index (κ2) is 16.4. The van der Waals surface area contributed by atoms with Gasteiger partial charge in [-0.05, 0) is 90.3 Å². The van der Waals surface area contributed by atoms with Crippen LogP contribution < -0.4 is 10.6 Å². The third kappa shape index (κ3) is 7.90. The summed E-state index contributed by atoms with van der Waals surface area (Å²) in [6.07, 6.45) is 10.9. The van der Waals surface area contributed by atoms with Crippen LogP contribution in [0.4, 0.5) is 9.59 Å². The molecule has 3 amide bonds. The first kappa shape index (κ1) is 38.1. The summed E-state index contributed by atoms with van der Waals surface area (Å²) in [4.78, 5) is 59.2. The van der Waals surface area contributed by atoms with Gasteiger partial charge in [-0.3, -0.25) is 9.69 Å². The number of ether oxygens (including phenoxy) is 2. The Bertz CT molecular complexity index is 2530. The number of rotatable bonds is 9. The Morgan fingerprint density at radius 3 is 2.39 bits per heavy atom. The van der Waals surface area contributed by atoms with Gasteiger partial charge in [-0.15, -0.1) is 0 Å². The molecular formula is C46H48N8O5. The molecule has 3 aliphatic heterocycles. The van der Waals surface area contributed by atoms with Crippen molar-refractivity contribution in [2.24, 2.45) is 0 Å². The van der Waals surface area contributed by atoms with Crippen LogP contribution in [0.25, 0.3) is 45.2 Å². The molecule has 0 saturated carbocycles. The summed E-state index contributed by atoms with van der Waals surface area (Å²) in [5.41, 5.74) is 6.61. The van der Waals surface area contributed by atoms with Crippen molar-refractivity contribution in [1.82, 2.24) is 40.4 Å². The van der Waals surface area contributed by atoms with Gasteiger partial charge in [0.2, 0.25) is 0 Å². The quantitative estimate of drug-likeness (QED) is 0.107. The molecule has 0 spiro atoms. The lowest BCUT2D eigenvalue weighted by atomic mass is 9.99. The molecule has 5 atom stereocenters. The average Bonchev–Trinajstić information content (AvgIpc) is 4.10. The van der Waals surface area contributed by atoms with E-state index >= 15 is 0 Å². The molecule has 0 radical (unpaired) electrons. The second-order valence-electron chi connectivity index (χ2n) is 15.8. The molecule has 0 bridgehead atoms. The number of nitrogens with one attached hydrogen (secondary N) is 4. The molecule has 9 rings (SSSR count). The third-order valence-corrected chi connectivity index (χ3v) is 12.2. The topological polar surface area (TPSA) is 158 Å². The first-order valence-corrected chi connectivity index (χ1v) is 20.4. The van der Waals surface area contributed by atoms with Crippen LogP contribution in [-0.4, -0.2) is 87.2 Å². The predicted octanol–water partition coefficient (Wildman–Crippen LogP) is 8.06. The van der Waals surface area contributed by atoms with Gasteiger partial charge in [-0.1, -0.05) is 72.8 Å². The van der Waals surface area contributed by atoms with E-state index < -0.39 is 12.1 Å². The number of methoxy groups -OCH3 is 2.